The van der Waals surface area contributed by atoms with Crippen LogP contribution in [0.5, 0.6) is 5.75 Å². The molecule has 2 nitrogen and oxygen atoms in total. The van der Waals surface area contributed by atoms with Crippen LogP contribution in [-0.4, -0.2) is 7.11 Å². The minimum absolute atomic E-state index is 0.245. The summed E-state index contributed by atoms with van der Waals surface area (Å²) in [4.78, 5) is 0. The maximum Gasteiger partial charge on any atom is 0.137 e. The average Bonchev–Trinajstić information content (AvgIpc) is 2.38. The van der Waals surface area contributed by atoms with Gasteiger partial charge < -0.3 is 10.1 Å². The van der Waals surface area contributed by atoms with E-state index in [2.05, 4.69) is 5.32 Å². The number of halogens is 3. The van der Waals surface area contributed by atoms with E-state index in [0.29, 0.717) is 16.3 Å². The van der Waals surface area contributed by atoms with Crippen LogP contribution < -0.4 is 10.1 Å². The highest BCUT2D eigenvalue weighted by Crippen LogP contribution is 2.27. The summed E-state index contributed by atoms with van der Waals surface area (Å²) in [6.45, 7) is 0.245. The van der Waals surface area contributed by atoms with Gasteiger partial charge in [-0.2, -0.15) is 0 Å². The maximum absolute atomic E-state index is 13.4. The molecule has 0 aromatic heterocycles. The summed E-state index contributed by atoms with van der Waals surface area (Å²) in [5.41, 5.74) is 1.11. The summed E-state index contributed by atoms with van der Waals surface area (Å²) in [5.74, 6) is -0.596. The van der Waals surface area contributed by atoms with Gasteiger partial charge in [-0.15, -0.1) is 0 Å². The first-order valence-corrected chi connectivity index (χ1v) is 5.99. The fourth-order valence-electron chi connectivity index (χ4n) is 1.64. The molecule has 2 aromatic rings. The Labute approximate surface area is 115 Å². The molecule has 5 heteroatoms. The van der Waals surface area contributed by atoms with Crippen molar-refractivity contribution in [2.45, 2.75) is 6.54 Å². The number of rotatable bonds is 4. The molecule has 0 heterocycles. The van der Waals surface area contributed by atoms with E-state index in [9.17, 15) is 8.78 Å². The molecule has 19 heavy (non-hydrogen) atoms. The third-order valence-corrected chi connectivity index (χ3v) is 2.95. The van der Waals surface area contributed by atoms with Gasteiger partial charge in [-0.25, -0.2) is 8.78 Å². The first-order valence-electron chi connectivity index (χ1n) is 5.61. The number of nitrogens with one attached hydrogen (secondary N) is 1. The van der Waals surface area contributed by atoms with Crippen molar-refractivity contribution in [3.63, 3.8) is 0 Å². The molecule has 0 bridgehead atoms. The van der Waals surface area contributed by atoms with Gasteiger partial charge in [0.05, 0.1) is 12.1 Å². The zero-order valence-electron chi connectivity index (χ0n) is 10.2. The molecule has 2 aromatic carbocycles. The second-order valence-corrected chi connectivity index (χ2v) is 4.35. The van der Waals surface area contributed by atoms with Crippen LogP contribution in [-0.2, 0) is 6.54 Å². The molecule has 0 saturated heterocycles. The maximum atomic E-state index is 13.4. The monoisotopic (exact) mass is 283 g/mol. The van der Waals surface area contributed by atoms with Crippen molar-refractivity contribution in [2.75, 3.05) is 12.4 Å². The Bertz CT molecular complexity index is 590. The molecule has 2 rings (SSSR count). The summed E-state index contributed by atoms with van der Waals surface area (Å²) >= 11 is 5.97. The number of hydrogen-bond acceptors (Lipinski definition) is 2. The van der Waals surface area contributed by atoms with Gasteiger partial charge in [0.2, 0.25) is 0 Å². The Kier molecular flexibility index (Phi) is 4.22. The molecule has 0 atom stereocenters. The van der Waals surface area contributed by atoms with Crippen molar-refractivity contribution in [1.29, 1.82) is 0 Å². The zero-order valence-corrected chi connectivity index (χ0v) is 11.0. The predicted octanol–water partition coefficient (Wildman–Crippen LogP) is 4.24. The zero-order chi connectivity index (χ0) is 13.8. The Morgan fingerprint density at radius 2 is 1.95 bits per heavy atom. The summed E-state index contributed by atoms with van der Waals surface area (Å²) in [6.07, 6.45) is 0. The minimum atomic E-state index is -0.589. The number of benzene rings is 2. The van der Waals surface area contributed by atoms with E-state index < -0.39 is 11.6 Å². The fourth-order valence-corrected chi connectivity index (χ4v) is 1.90. The lowest BCUT2D eigenvalue weighted by Gasteiger charge is -2.09. The van der Waals surface area contributed by atoms with Gasteiger partial charge in [0.15, 0.2) is 0 Å². The Morgan fingerprint density at radius 1 is 1.16 bits per heavy atom. The van der Waals surface area contributed by atoms with Crippen LogP contribution in [0.15, 0.2) is 36.4 Å². The molecule has 0 aliphatic rings. The van der Waals surface area contributed by atoms with E-state index in [1.54, 1.807) is 18.2 Å². The lowest BCUT2D eigenvalue weighted by atomic mass is 10.2. The van der Waals surface area contributed by atoms with Crippen LogP contribution in [0.3, 0.4) is 0 Å². The molecule has 0 amide bonds. The van der Waals surface area contributed by atoms with E-state index in [-0.39, 0.29) is 6.54 Å². The molecular formula is C14H12ClF2NO. The lowest BCUT2D eigenvalue weighted by molar-refractivity contribution is 0.415. The first-order chi connectivity index (χ1) is 9.10. The van der Waals surface area contributed by atoms with Crippen LogP contribution in [0.4, 0.5) is 14.5 Å². The topological polar surface area (TPSA) is 21.3 Å². The smallest absolute Gasteiger partial charge is 0.137 e. The minimum Gasteiger partial charge on any atom is -0.495 e. The molecule has 0 aliphatic heterocycles. The molecule has 100 valence electrons. The molecule has 0 saturated carbocycles. The van der Waals surface area contributed by atoms with Gasteiger partial charge in [0, 0.05) is 23.9 Å². The largest absolute Gasteiger partial charge is 0.495 e. The van der Waals surface area contributed by atoms with Gasteiger partial charge in [-0.3, -0.25) is 0 Å². The third-order valence-electron chi connectivity index (χ3n) is 2.65. The second kappa shape index (κ2) is 5.89. The van der Waals surface area contributed by atoms with Gasteiger partial charge in [0.25, 0.3) is 0 Å². The van der Waals surface area contributed by atoms with Crippen LogP contribution in [0, 0.1) is 11.6 Å². The first kappa shape index (κ1) is 13.6. The molecule has 0 spiro atoms. The Balaban J connectivity index is 2.08. The van der Waals surface area contributed by atoms with Gasteiger partial charge in [-0.1, -0.05) is 17.7 Å². The molecule has 0 unspecified atom stereocenters. The third kappa shape index (κ3) is 3.35. The van der Waals surface area contributed by atoms with Crippen LogP contribution in [0.2, 0.25) is 5.02 Å². The van der Waals surface area contributed by atoms with E-state index in [0.717, 1.165) is 11.8 Å². The SMILES string of the molecule is COc1ccc(NCc2ccc(F)cc2F)cc1Cl. The molecular weight excluding hydrogens is 272 g/mol. The lowest BCUT2D eigenvalue weighted by Crippen LogP contribution is -2.02. The second-order valence-electron chi connectivity index (χ2n) is 3.94. The van der Waals surface area contributed by atoms with Crippen molar-refractivity contribution in [1.82, 2.24) is 0 Å². The van der Waals surface area contributed by atoms with Crippen molar-refractivity contribution in [3.05, 3.63) is 58.6 Å². The van der Waals surface area contributed by atoms with Crippen molar-refractivity contribution in [2.24, 2.45) is 0 Å². The van der Waals surface area contributed by atoms with E-state index in [4.69, 9.17) is 16.3 Å². The summed E-state index contributed by atoms with van der Waals surface area (Å²) in [5, 5.41) is 3.48. The Morgan fingerprint density at radius 3 is 2.58 bits per heavy atom. The average molecular weight is 284 g/mol. The standard InChI is InChI=1S/C14H12ClF2NO/c1-19-14-5-4-11(7-12(14)15)18-8-9-2-3-10(16)6-13(9)17/h2-7,18H,8H2,1H3. The molecule has 0 fully saturated rings. The van der Waals surface area contributed by atoms with E-state index in [1.807, 2.05) is 0 Å². The van der Waals surface area contributed by atoms with Gasteiger partial charge in [-0.05, 0) is 24.3 Å². The number of methoxy groups -OCH3 is 1. The highest BCUT2D eigenvalue weighted by Gasteiger charge is 2.05. The van der Waals surface area contributed by atoms with Crippen molar-refractivity contribution >= 4 is 17.3 Å². The highest BCUT2D eigenvalue weighted by molar-refractivity contribution is 6.32. The molecule has 0 radical (unpaired) electrons. The van der Waals surface area contributed by atoms with E-state index >= 15 is 0 Å². The molecule has 0 aliphatic carbocycles. The number of ether oxygens (including phenoxy) is 1. The Hall–Kier alpha value is -1.81. The van der Waals surface area contributed by atoms with Gasteiger partial charge >= 0.3 is 0 Å². The highest BCUT2D eigenvalue weighted by atomic mass is 35.5. The number of hydrogen-bond donors (Lipinski definition) is 1. The van der Waals surface area contributed by atoms with Crippen LogP contribution in [0.25, 0.3) is 0 Å². The van der Waals surface area contributed by atoms with Crippen LogP contribution >= 0.6 is 11.6 Å². The fraction of sp³-hybridized carbons (Fsp3) is 0.143. The van der Waals surface area contributed by atoms with Gasteiger partial charge in [0.1, 0.15) is 17.4 Å². The summed E-state index contributed by atoms with van der Waals surface area (Å²) in [7, 11) is 1.53. The predicted molar refractivity (Wildman–Crippen MR) is 71.7 cm³/mol. The summed E-state index contributed by atoms with van der Waals surface area (Å²) < 4.78 is 31.2. The normalized spacial score (nSPS) is 10.3. The summed E-state index contributed by atoms with van der Waals surface area (Å²) in [6, 6.07) is 8.65. The van der Waals surface area contributed by atoms with Crippen molar-refractivity contribution < 1.29 is 13.5 Å². The van der Waals surface area contributed by atoms with E-state index in [1.165, 1.54) is 19.2 Å². The molecule has 1 N–H and O–H groups in total. The van der Waals surface area contributed by atoms with Crippen molar-refractivity contribution in [3.8, 4) is 5.75 Å². The van der Waals surface area contributed by atoms with Crippen LogP contribution in [0.1, 0.15) is 5.56 Å². The quantitative estimate of drug-likeness (QED) is 0.906. The number of anilines is 1.